The molecule has 18 heavy (non-hydrogen) atoms. The van der Waals surface area contributed by atoms with Crippen LogP contribution in [-0.2, 0) is 6.42 Å². The number of aryl methyl sites for hydroxylation is 1. The quantitative estimate of drug-likeness (QED) is 0.808. The SMILES string of the molecule is CNCCCCc1nc(-c2ccccc2Br)cs1. The highest BCUT2D eigenvalue weighted by Gasteiger charge is 2.07. The summed E-state index contributed by atoms with van der Waals surface area (Å²) in [4.78, 5) is 4.71. The van der Waals surface area contributed by atoms with Crippen molar-refractivity contribution in [1.29, 1.82) is 0 Å². The standard InChI is InChI=1S/C14H17BrN2S/c1-16-9-5-4-8-14-17-13(10-18-14)11-6-2-3-7-12(11)15/h2-3,6-7,10,16H,4-5,8-9H2,1H3. The maximum absolute atomic E-state index is 4.71. The monoisotopic (exact) mass is 324 g/mol. The zero-order valence-electron chi connectivity index (χ0n) is 10.4. The predicted molar refractivity (Wildman–Crippen MR) is 82.1 cm³/mol. The molecular formula is C14H17BrN2S. The molecule has 0 unspecified atom stereocenters. The van der Waals surface area contributed by atoms with Crippen LogP contribution in [0.25, 0.3) is 11.3 Å². The van der Waals surface area contributed by atoms with Gasteiger partial charge in [-0.15, -0.1) is 11.3 Å². The molecule has 0 atom stereocenters. The van der Waals surface area contributed by atoms with Gasteiger partial charge in [0.1, 0.15) is 0 Å². The van der Waals surface area contributed by atoms with E-state index in [1.54, 1.807) is 11.3 Å². The summed E-state index contributed by atoms with van der Waals surface area (Å²) < 4.78 is 1.11. The normalized spacial score (nSPS) is 10.8. The zero-order valence-corrected chi connectivity index (χ0v) is 12.9. The van der Waals surface area contributed by atoms with Crippen molar-refractivity contribution in [3.05, 3.63) is 39.1 Å². The van der Waals surface area contributed by atoms with Crippen LogP contribution in [0.4, 0.5) is 0 Å². The Morgan fingerprint density at radius 2 is 2.11 bits per heavy atom. The molecule has 0 aliphatic carbocycles. The van der Waals surface area contributed by atoms with Crippen molar-refractivity contribution in [2.24, 2.45) is 0 Å². The first-order valence-corrected chi connectivity index (χ1v) is 7.82. The molecule has 1 aromatic carbocycles. The maximum atomic E-state index is 4.71. The van der Waals surface area contributed by atoms with Crippen LogP contribution in [0.1, 0.15) is 17.8 Å². The number of nitrogens with one attached hydrogen (secondary N) is 1. The van der Waals surface area contributed by atoms with Crippen molar-refractivity contribution in [2.45, 2.75) is 19.3 Å². The van der Waals surface area contributed by atoms with E-state index in [4.69, 9.17) is 4.98 Å². The van der Waals surface area contributed by atoms with Gasteiger partial charge in [-0.05, 0) is 38.9 Å². The molecule has 1 heterocycles. The second-order valence-electron chi connectivity index (χ2n) is 4.17. The summed E-state index contributed by atoms with van der Waals surface area (Å²) in [5, 5.41) is 6.55. The highest BCUT2D eigenvalue weighted by molar-refractivity contribution is 9.10. The molecule has 0 aliphatic heterocycles. The Morgan fingerprint density at radius 3 is 2.89 bits per heavy atom. The lowest BCUT2D eigenvalue weighted by molar-refractivity contribution is 0.676. The van der Waals surface area contributed by atoms with Crippen molar-refractivity contribution in [2.75, 3.05) is 13.6 Å². The van der Waals surface area contributed by atoms with Gasteiger partial charge < -0.3 is 5.32 Å². The van der Waals surface area contributed by atoms with Crippen LogP contribution in [-0.4, -0.2) is 18.6 Å². The molecule has 0 aliphatic rings. The number of unbranched alkanes of at least 4 members (excludes halogenated alkanes) is 1. The van der Waals surface area contributed by atoms with E-state index in [2.05, 4.69) is 38.8 Å². The molecule has 0 radical (unpaired) electrons. The van der Waals surface area contributed by atoms with Gasteiger partial charge in [0.2, 0.25) is 0 Å². The van der Waals surface area contributed by atoms with Crippen molar-refractivity contribution >= 4 is 27.3 Å². The predicted octanol–water partition coefficient (Wildman–Crippen LogP) is 4.11. The average Bonchev–Trinajstić information content (AvgIpc) is 2.84. The van der Waals surface area contributed by atoms with Crippen LogP contribution >= 0.6 is 27.3 Å². The molecule has 4 heteroatoms. The van der Waals surface area contributed by atoms with Crippen LogP contribution in [0, 0.1) is 0 Å². The Kier molecular flexibility index (Phi) is 5.35. The van der Waals surface area contributed by atoms with Gasteiger partial charge in [0.25, 0.3) is 0 Å². The number of thiazole rings is 1. The van der Waals surface area contributed by atoms with Crippen LogP contribution in [0.2, 0.25) is 0 Å². The second kappa shape index (κ2) is 7.02. The fraction of sp³-hybridized carbons (Fsp3) is 0.357. The summed E-state index contributed by atoms with van der Waals surface area (Å²) in [6.07, 6.45) is 3.49. The van der Waals surface area contributed by atoms with Gasteiger partial charge in [-0.2, -0.15) is 0 Å². The molecule has 2 rings (SSSR count). The Balaban J connectivity index is 2.00. The molecule has 0 amide bonds. The van der Waals surface area contributed by atoms with Crippen molar-refractivity contribution in [3.8, 4) is 11.3 Å². The second-order valence-corrected chi connectivity index (χ2v) is 5.96. The summed E-state index contributed by atoms with van der Waals surface area (Å²) in [6, 6.07) is 8.23. The average molecular weight is 325 g/mol. The van der Waals surface area contributed by atoms with E-state index in [0.717, 1.165) is 23.1 Å². The lowest BCUT2D eigenvalue weighted by Gasteiger charge is -2.00. The van der Waals surface area contributed by atoms with Crippen molar-refractivity contribution < 1.29 is 0 Å². The van der Waals surface area contributed by atoms with E-state index in [1.807, 2.05) is 19.2 Å². The smallest absolute Gasteiger partial charge is 0.0932 e. The van der Waals surface area contributed by atoms with Gasteiger partial charge in [0, 0.05) is 15.4 Å². The van der Waals surface area contributed by atoms with Crippen LogP contribution in [0.5, 0.6) is 0 Å². The number of rotatable bonds is 6. The molecule has 0 saturated carbocycles. The largest absolute Gasteiger partial charge is 0.320 e. The molecular weight excluding hydrogens is 308 g/mol. The molecule has 0 bridgehead atoms. The Morgan fingerprint density at radius 1 is 1.28 bits per heavy atom. The van der Waals surface area contributed by atoms with E-state index in [-0.39, 0.29) is 0 Å². The van der Waals surface area contributed by atoms with E-state index in [1.165, 1.54) is 23.4 Å². The summed E-state index contributed by atoms with van der Waals surface area (Å²) >= 11 is 5.33. The third-order valence-electron chi connectivity index (χ3n) is 2.77. The number of nitrogens with zero attached hydrogens (tertiary/aromatic N) is 1. The number of benzene rings is 1. The molecule has 96 valence electrons. The number of halogens is 1. The van der Waals surface area contributed by atoms with Crippen molar-refractivity contribution in [3.63, 3.8) is 0 Å². The summed E-state index contributed by atoms with van der Waals surface area (Å²) in [5.74, 6) is 0. The minimum absolute atomic E-state index is 1.08. The number of hydrogen-bond donors (Lipinski definition) is 1. The van der Waals surface area contributed by atoms with Gasteiger partial charge in [-0.1, -0.05) is 34.1 Å². The van der Waals surface area contributed by atoms with Gasteiger partial charge in [0.15, 0.2) is 0 Å². The minimum Gasteiger partial charge on any atom is -0.320 e. The Hall–Kier alpha value is -0.710. The lowest BCUT2D eigenvalue weighted by atomic mass is 10.2. The Labute approximate surface area is 121 Å². The molecule has 0 fully saturated rings. The molecule has 1 aromatic heterocycles. The molecule has 0 spiro atoms. The first-order valence-electron chi connectivity index (χ1n) is 6.15. The third kappa shape index (κ3) is 3.64. The maximum Gasteiger partial charge on any atom is 0.0932 e. The molecule has 1 N–H and O–H groups in total. The number of hydrogen-bond acceptors (Lipinski definition) is 3. The van der Waals surface area contributed by atoms with E-state index < -0.39 is 0 Å². The lowest BCUT2D eigenvalue weighted by Crippen LogP contribution is -2.07. The number of aromatic nitrogens is 1. The van der Waals surface area contributed by atoms with Crippen LogP contribution < -0.4 is 5.32 Å². The van der Waals surface area contributed by atoms with Crippen LogP contribution in [0.3, 0.4) is 0 Å². The topological polar surface area (TPSA) is 24.9 Å². The summed E-state index contributed by atoms with van der Waals surface area (Å²) in [5.41, 5.74) is 2.26. The third-order valence-corrected chi connectivity index (χ3v) is 4.37. The van der Waals surface area contributed by atoms with E-state index >= 15 is 0 Å². The summed E-state index contributed by atoms with van der Waals surface area (Å²) in [6.45, 7) is 1.09. The van der Waals surface area contributed by atoms with Crippen LogP contribution in [0.15, 0.2) is 34.1 Å². The minimum atomic E-state index is 1.08. The zero-order chi connectivity index (χ0) is 12.8. The van der Waals surface area contributed by atoms with Crippen molar-refractivity contribution in [1.82, 2.24) is 10.3 Å². The molecule has 2 aromatic rings. The van der Waals surface area contributed by atoms with Gasteiger partial charge in [0.05, 0.1) is 10.7 Å². The highest BCUT2D eigenvalue weighted by Crippen LogP contribution is 2.29. The summed E-state index contributed by atoms with van der Waals surface area (Å²) in [7, 11) is 1.99. The molecule has 0 saturated heterocycles. The van der Waals surface area contributed by atoms with Gasteiger partial charge in [-0.3, -0.25) is 0 Å². The van der Waals surface area contributed by atoms with E-state index in [9.17, 15) is 0 Å². The first kappa shape index (κ1) is 13.7. The Bertz CT molecular complexity index is 496. The van der Waals surface area contributed by atoms with Gasteiger partial charge in [-0.25, -0.2) is 4.98 Å². The van der Waals surface area contributed by atoms with Gasteiger partial charge >= 0.3 is 0 Å². The van der Waals surface area contributed by atoms with E-state index in [0.29, 0.717) is 0 Å². The fourth-order valence-electron chi connectivity index (χ4n) is 1.80. The highest BCUT2D eigenvalue weighted by atomic mass is 79.9. The molecule has 2 nitrogen and oxygen atoms in total. The fourth-order valence-corrected chi connectivity index (χ4v) is 3.12. The first-order chi connectivity index (χ1) is 8.81.